The fourth-order valence-electron chi connectivity index (χ4n) is 5.99. The monoisotopic (exact) mass is 734 g/mol. The van der Waals surface area contributed by atoms with Gasteiger partial charge in [0.05, 0.1) is 22.3 Å². The molecule has 0 aliphatic rings. The van der Waals surface area contributed by atoms with Crippen LogP contribution in [0.2, 0.25) is 0 Å². The fourth-order valence-corrected chi connectivity index (χ4v) is 5.99. The number of amides is 2. The quantitative estimate of drug-likeness (QED) is 0.0970. The van der Waals surface area contributed by atoms with E-state index in [1.54, 1.807) is 74.5 Å². The Labute approximate surface area is 318 Å². The second-order valence-corrected chi connectivity index (χ2v) is 13.5. The van der Waals surface area contributed by atoms with Gasteiger partial charge >= 0.3 is 11.9 Å². The number of anilines is 2. The molecule has 0 radical (unpaired) electrons. The highest BCUT2D eigenvalue weighted by atomic mass is 16.5. The minimum atomic E-state index is -1.17. The van der Waals surface area contributed by atoms with Crippen LogP contribution in [0, 0.1) is 13.8 Å². The first kappa shape index (κ1) is 37.6. The van der Waals surface area contributed by atoms with Crippen molar-refractivity contribution in [2.24, 2.45) is 0 Å². The van der Waals surface area contributed by atoms with Crippen LogP contribution in [-0.2, 0) is 5.41 Å². The SMILES string of the molecule is Cc1ccc(C(=O)Nc2ccc(Oc3ccc(C(C)(C)c4ccc(Oc5ccc(NC(=O)c6ccc(C)cc6C(=O)O)cc5)cc4)cc3)cc2)c(C(=O)O)c1. The topological polar surface area (TPSA) is 151 Å². The molecule has 0 saturated heterocycles. The lowest BCUT2D eigenvalue weighted by molar-refractivity contribution is 0.0683. The van der Waals surface area contributed by atoms with E-state index in [-0.39, 0.29) is 27.7 Å². The number of carbonyl (C=O) groups is 4. The molecular formula is C45H38N2O8. The van der Waals surface area contributed by atoms with Gasteiger partial charge in [-0.05, 0) is 122 Å². The van der Waals surface area contributed by atoms with Crippen molar-refractivity contribution in [2.75, 3.05) is 10.6 Å². The van der Waals surface area contributed by atoms with Crippen LogP contribution < -0.4 is 20.1 Å². The predicted molar refractivity (Wildman–Crippen MR) is 210 cm³/mol. The van der Waals surface area contributed by atoms with Gasteiger partial charge < -0.3 is 30.3 Å². The highest BCUT2D eigenvalue weighted by Gasteiger charge is 2.24. The molecule has 0 spiro atoms. The molecule has 0 heterocycles. The molecule has 2 amide bonds. The lowest BCUT2D eigenvalue weighted by Crippen LogP contribution is -2.18. The fraction of sp³-hybridized carbons (Fsp3) is 0.111. The first-order chi connectivity index (χ1) is 26.3. The second kappa shape index (κ2) is 15.8. The average Bonchev–Trinajstić information content (AvgIpc) is 3.16. The van der Waals surface area contributed by atoms with E-state index in [0.29, 0.717) is 34.4 Å². The van der Waals surface area contributed by atoms with E-state index >= 15 is 0 Å². The number of aryl methyl sites for hydroxylation is 2. The maximum atomic E-state index is 12.8. The number of rotatable bonds is 12. The van der Waals surface area contributed by atoms with Gasteiger partial charge in [0.2, 0.25) is 0 Å². The molecule has 0 saturated carbocycles. The number of ether oxygens (including phenoxy) is 2. The van der Waals surface area contributed by atoms with Gasteiger partial charge in [-0.1, -0.05) is 61.4 Å². The van der Waals surface area contributed by atoms with Crippen molar-refractivity contribution >= 4 is 35.1 Å². The van der Waals surface area contributed by atoms with Crippen LogP contribution in [0.1, 0.15) is 77.5 Å². The maximum Gasteiger partial charge on any atom is 0.336 e. The van der Waals surface area contributed by atoms with Crippen molar-refractivity contribution < 1.29 is 38.9 Å². The Balaban J connectivity index is 1.03. The molecule has 0 unspecified atom stereocenters. The van der Waals surface area contributed by atoms with Crippen LogP contribution in [0.3, 0.4) is 0 Å². The van der Waals surface area contributed by atoms with E-state index in [1.165, 1.54) is 24.3 Å². The van der Waals surface area contributed by atoms with Crippen LogP contribution in [0.25, 0.3) is 0 Å². The first-order valence-corrected chi connectivity index (χ1v) is 17.3. The summed E-state index contributed by atoms with van der Waals surface area (Å²) in [6.45, 7) is 7.79. The van der Waals surface area contributed by atoms with E-state index < -0.39 is 23.8 Å². The van der Waals surface area contributed by atoms with E-state index in [9.17, 15) is 29.4 Å². The summed E-state index contributed by atoms with van der Waals surface area (Å²) in [5.41, 5.74) is 4.35. The van der Waals surface area contributed by atoms with Gasteiger partial charge in [-0.15, -0.1) is 0 Å². The molecule has 276 valence electrons. The van der Waals surface area contributed by atoms with Gasteiger partial charge in [0.25, 0.3) is 11.8 Å². The predicted octanol–water partition coefficient (Wildman–Crippen LogP) is 10.1. The third-order valence-electron chi connectivity index (χ3n) is 9.15. The summed E-state index contributed by atoms with van der Waals surface area (Å²) < 4.78 is 12.1. The highest BCUT2D eigenvalue weighted by Crippen LogP contribution is 2.35. The van der Waals surface area contributed by atoms with E-state index in [4.69, 9.17) is 9.47 Å². The van der Waals surface area contributed by atoms with Crippen molar-refractivity contribution in [2.45, 2.75) is 33.1 Å². The van der Waals surface area contributed by atoms with Crippen LogP contribution in [0.4, 0.5) is 11.4 Å². The van der Waals surface area contributed by atoms with E-state index in [1.807, 2.05) is 48.5 Å². The molecular weight excluding hydrogens is 697 g/mol. The number of hydrogen-bond donors (Lipinski definition) is 4. The smallest absolute Gasteiger partial charge is 0.336 e. The van der Waals surface area contributed by atoms with Crippen molar-refractivity contribution in [3.05, 3.63) is 178 Å². The van der Waals surface area contributed by atoms with Gasteiger partial charge in [0.15, 0.2) is 0 Å². The summed E-state index contributed by atoms with van der Waals surface area (Å²) in [6, 6.07) is 38.6. The summed E-state index contributed by atoms with van der Waals surface area (Å²) in [5, 5.41) is 24.5. The Hall–Kier alpha value is -7.20. The zero-order valence-electron chi connectivity index (χ0n) is 30.5. The van der Waals surface area contributed by atoms with Crippen molar-refractivity contribution in [3.63, 3.8) is 0 Å². The van der Waals surface area contributed by atoms with Crippen molar-refractivity contribution in [1.82, 2.24) is 0 Å². The molecule has 0 bridgehead atoms. The van der Waals surface area contributed by atoms with Crippen molar-refractivity contribution in [1.29, 1.82) is 0 Å². The third-order valence-corrected chi connectivity index (χ3v) is 9.15. The Morgan fingerprint density at radius 2 is 0.764 bits per heavy atom. The zero-order valence-corrected chi connectivity index (χ0v) is 30.5. The molecule has 0 aliphatic carbocycles. The lowest BCUT2D eigenvalue weighted by atomic mass is 9.78. The van der Waals surface area contributed by atoms with Gasteiger partial charge in [-0.25, -0.2) is 9.59 Å². The maximum absolute atomic E-state index is 12.8. The van der Waals surface area contributed by atoms with E-state index in [2.05, 4.69) is 24.5 Å². The lowest BCUT2D eigenvalue weighted by Gasteiger charge is -2.26. The molecule has 6 rings (SSSR count). The van der Waals surface area contributed by atoms with Crippen LogP contribution >= 0.6 is 0 Å². The van der Waals surface area contributed by atoms with Gasteiger partial charge in [-0.2, -0.15) is 0 Å². The normalized spacial score (nSPS) is 11.0. The van der Waals surface area contributed by atoms with Crippen LogP contribution in [-0.4, -0.2) is 34.0 Å². The Morgan fingerprint density at radius 1 is 0.455 bits per heavy atom. The number of carbonyl (C=O) groups excluding carboxylic acids is 2. The van der Waals surface area contributed by atoms with E-state index in [0.717, 1.165) is 22.3 Å². The van der Waals surface area contributed by atoms with Gasteiger partial charge in [0.1, 0.15) is 23.0 Å². The molecule has 0 aliphatic heterocycles. The number of benzene rings is 6. The standard InChI is InChI=1S/C45H38N2O8/c1-27-5-23-37(39(25-27)43(50)51)41(48)46-31-11-19-35(20-12-31)54-33-15-7-29(8-16-33)45(3,4)30-9-17-34(18-10-30)55-36-21-13-32(14-22-36)47-42(49)38-24-6-28(2)26-40(38)44(52)53/h5-26H,1-4H3,(H,46,48)(H,47,49)(H,50,51)(H,52,53). The van der Waals surface area contributed by atoms with Gasteiger partial charge in [0, 0.05) is 16.8 Å². The molecule has 55 heavy (non-hydrogen) atoms. The second-order valence-electron chi connectivity index (χ2n) is 13.5. The minimum Gasteiger partial charge on any atom is -0.478 e. The molecule has 4 N–H and O–H groups in total. The highest BCUT2D eigenvalue weighted by molar-refractivity contribution is 6.11. The Morgan fingerprint density at radius 3 is 1.07 bits per heavy atom. The van der Waals surface area contributed by atoms with Crippen LogP contribution in [0.5, 0.6) is 23.0 Å². The first-order valence-electron chi connectivity index (χ1n) is 17.3. The van der Waals surface area contributed by atoms with Gasteiger partial charge in [-0.3, -0.25) is 9.59 Å². The zero-order chi connectivity index (χ0) is 39.3. The molecule has 6 aromatic rings. The summed E-state index contributed by atoms with van der Waals surface area (Å²) in [6.07, 6.45) is 0. The molecule has 0 aromatic heterocycles. The summed E-state index contributed by atoms with van der Waals surface area (Å²) in [7, 11) is 0. The Bertz CT molecular complexity index is 2220. The summed E-state index contributed by atoms with van der Waals surface area (Å²) in [4.78, 5) is 48.9. The third kappa shape index (κ3) is 8.89. The number of aromatic carboxylic acids is 2. The Kier molecular flexibility index (Phi) is 10.8. The van der Waals surface area contributed by atoms with Crippen LogP contribution in [0.15, 0.2) is 133 Å². The molecule has 0 fully saturated rings. The number of hydrogen-bond acceptors (Lipinski definition) is 6. The largest absolute Gasteiger partial charge is 0.478 e. The minimum absolute atomic E-state index is 0.0560. The number of nitrogens with one attached hydrogen (secondary N) is 2. The number of carboxylic acids is 2. The van der Waals surface area contributed by atoms with Crippen molar-refractivity contribution in [3.8, 4) is 23.0 Å². The molecule has 10 nitrogen and oxygen atoms in total. The number of carboxylic acid groups (broad SMARTS) is 2. The summed E-state index contributed by atoms with van der Waals surface area (Å²) >= 11 is 0. The summed E-state index contributed by atoms with van der Waals surface area (Å²) in [5.74, 6) is -0.951. The molecule has 0 atom stereocenters. The molecule has 10 heteroatoms. The molecule has 6 aromatic carbocycles. The average molecular weight is 735 g/mol.